The summed E-state index contributed by atoms with van der Waals surface area (Å²) in [6.07, 6.45) is -0.630. The van der Waals surface area contributed by atoms with Crippen LogP contribution in [-0.4, -0.2) is 161 Å². The van der Waals surface area contributed by atoms with E-state index in [0.29, 0.717) is 39.0 Å². The van der Waals surface area contributed by atoms with Gasteiger partial charge in [0.1, 0.15) is 0 Å². The van der Waals surface area contributed by atoms with Crippen molar-refractivity contribution in [3.63, 3.8) is 0 Å². The molecule has 15 nitrogen and oxygen atoms in total. The summed E-state index contributed by atoms with van der Waals surface area (Å²) in [6.45, 7) is 7.86. The standard InChI is InChI=1S/C20H51N5O10Si2/c26-19(17-34-11-1-13-36(28,29)30)15-24-9-7-22-5-3-21-4-6-23-8-10-25-16-20(27)18-35-12-2-14-37(31,32)33/h19-33H,1-18H2/q-2. The SMILES string of the molecule is OC(CNCCNCCNCCNCCNCC(O)COCCC[Si-](O)(O)O)COCCC[Si-](O)(O)O. The molecule has 0 amide bonds. The van der Waals surface area contributed by atoms with Gasteiger partial charge in [0.05, 0.1) is 25.4 Å². The zero-order chi connectivity index (χ0) is 27.8. The normalized spacial score (nSPS) is 14.3. The number of rotatable bonds is 28. The lowest BCUT2D eigenvalue weighted by atomic mass is 10.3. The van der Waals surface area contributed by atoms with Crippen LogP contribution in [0.3, 0.4) is 0 Å². The molecule has 0 aliphatic heterocycles. The Morgan fingerprint density at radius 2 is 0.784 bits per heavy atom. The van der Waals surface area contributed by atoms with Gasteiger partial charge in [0.15, 0.2) is 0 Å². The van der Waals surface area contributed by atoms with Gasteiger partial charge in [-0.15, -0.1) is 0 Å². The second-order valence-corrected chi connectivity index (χ2v) is 13.0. The van der Waals surface area contributed by atoms with Gasteiger partial charge in [0, 0.05) is 78.7 Å². The highest BCUT2D eigenvalue weighted by molar-refractivity contribution is 6.56. The molecule has 0 fully saturated rings. The summed E-state index contributed by atoms with van der Waals surface area (Å²) in [6, 6.07) is -0.145. The van der Waals surface area contributed by atoms with Crippen molar-refractivity contribution in [3.05, 3.63) is 0 Å². The Morgan fingerprint density at radius 3 is 1.08 bits per heavy atom. The highest BCUT2D eigenvalue weighted by Crippen LogP contribution is 2.02. The molecule has 0 bridgehead atoms. The van der Waals surface area contributed by atoms with Crippen LogP contribution >= 0.6 is 0 Å². The fraction of sp³-hybridized carbons (Fsp3) is 1.00. The van der Waals surface area contributed by atoms with Crippen molar-refractivity contribution in [2.45, 2.75) is 37.1 Å². The predicted octanol–water partition coefficient (Wildman–Crippen LogP) is -5.70. The van der Waals surface area contributed by atoms with Gasteiger partial charge >= 0.3 is 0 Å². The summed E-state index contributed by atoms with van der Waals surface area (Å²) in [5.41, 5.74) is 0. The van der Waals surface area contributed by atoms with Gasteiger partial charge in [0.2, 0.25) is 0 Å². The number of hydrogen-bond donors (Lipinski definition) is 13. The molecular formula is C20H51N5O10Si2-2. The smallest absolute Gasteiger partial charge is 0.273 e. The molecule has 0 saturated carbocycles. The van der Waals surface area contributed by atoms with Gasteiger partial charge in [-0.1, -0.05) is 24.9 Å². The molecule has 2 atom stereocenters. The summed E-state index contributed by atoms with van der Waals surface area (Å²) < 4.78 is 10.5. The Bertz CT molecular complexity index is 465. The van der Waals surface area contributed by atoms with Crippen molar-refractivity contribution < 1.29 is 48.5 Å². The Hall–Kier alpha value is -0.166. The van der Waals surface area contributed by atoms with Crippen LogP contribution < -0.4 is 26.6 Å². The number of ether oxygens (including phenoxy) is 2. The van der Waals surface area contributed by atoms with E-state index in [2.05, 4.69) is 26.6 Å². The van der Waals surface area contributed by atoms with Crippen molar-refractivity contribution in [3.8, 4) is 0 Å². The van der Waals surface area contributed by atoms with Gasteiger partial charge in [-0.05, 0) is 0 Å². The zero-order valence-corrected chi connectivity index (χ0v) is 23.8. The van der Waals surface area contributed by atoms with Gasteiger partial charge in [-0.2, -0.15) is 0 Å². The van der Waals surface area contributed by atoms with E-state index in [0.717, 1.165) is 39.3 Å². The van der Waals surface area contributed by atoms with E-state index in [9.17, 15) is 10.2 Å². The highest BCUT2D eigenvalue weighted by atomic mass is 28.4. The quantitative estimate of drug-likeness (QED) is 0.0306. The average molecular weight is 578 g/mol. The van der Waals surface area contributed by atoms with Crippen LogP contribution in [0.25, 0.3) is 0 Å². The number of nitrogens with one attached hydrogen (secondary N) is 5. The van der Waals surface area contributed by atoms with E-state index in [-0.39, 0.29) is 38.5 Å². The van der Waals surface area contributed by atoms with E-state index in [1.807, 2.05) is 0 Å². The molecular weight excluding hydrogens is 526 g/mol. The maximum atomic E-state index is 9.79. The van der Waals surface area contributed by atoms with Crippen molar-refractivity contribution >= 4 is 17.6 Å². The first-order valence-electron chi connectivity index (χ1n) is 12.9. The van der Waals surface area contributed by atoms with Crippen LogP contribution in [0, 0.1) is 0 Å². The third kappa shape index (κ3) is 31.9. The summed E-state index contributed by atoms with van der Waals surface area (Å²) in [7, 11) is -7.99. The van der Waals surface area contributed by atoms with Crippen molar-refractivity contribution in [2.24, 2.45) is 0 Å². The minimum atomic E-state index is -3.99. The molecule has 0 aliphatic rings. The Morgan fingerprint density at radius 1 is 0.486 bits per heavy atom. The first kappa shape index (κ1) is 36.8. The maximum Gasteiger partial charge on any atom is 0.273 e. The van der Waals surface area contributed by atoms with Crippen LogP contribution in [0.5, 0.6) is 0 Å². The van der Waals surface area contributed by atoms with E-state index in [4.69, 9.17) is 38.2 Å². The van der Waals surface area contributed by atoms with Crippen molar-refractivity contribution in [1.29, 1.82) is 0 Å². The van der Waals surface area contributed by atoms with Crippen LogP contribution in [0.1, 0.15) is 12.8 Å². The lowest BCUT2D eigenvalue weighted by Crippen LogP contribution is -2.38. The molecule has 0 aromatic rings. The second-order valence-electron chi connectivity index (χ2n) is 8.87. The maximum absolute atomic E-state index is 9.79. The van der Waals surface area contributed by atoms with Crippen molar-refractivity contribution in [1.82, 2.24) is 26.6 Å². The number of hydrogen-bond acceptors (Lipinski definition) is 15. The molecule has 0 saturated heterocycles. The summed E-state index contributed by atoms with van der Waals surface area (Å²) >= 11 is 0. The minimum Gasteiger partial charge on any atom is -0.539 e. The molecule has 226 valence electrons. The monoisotopic (exact) mass is 577 g/mol. The molecule has 37 heavy (non-hydrogen) atoms. The number of aliphatic hydroxyl groups excluding tert-OH is 2. The average Bonchev–Trinajstić information content (AvgIpc) is 2.79. The van der Waals surface area contributed by atoms with Crippen LogP contribution in [0.2, 0.25) is 12.1 Å². The zero-order valence-electron chi connectivity index (χ0n) is 21.8. The molecule has 17 heteroatoms. The van der Waals surface area contributed by atoms with Crippen LogP contribution in [0.4, 0.5) is 0 Å². The van der Waals surface area contributed by atoms with Gasteiger partial charge < -0.3 is 75.0 Å². The highest BCUT2D eigenvalue weighted by Gasteiger charge is 2.11. The molecule has 0 rings (SSSR count). The molecule has 0 heterocycles. The first-order valence-corrected chi connectivity index (χ1v) is 17.0. The summed E-state index contributed by atoms with van der Waals surface area (Å²) in [5, 5.41) is 35.7. The van der Waals surface area contributed by atoms with Gasteiger partial charge in [-0.25, -0.2) is 0 Å². The number of aliphatic hydroxyl groups is 2. The predicted molar refractivity (Wildman–Crippen MR) is 142 cm³/mol. The second kappa shape index (κ2) is 23.7. The van der Waals surface area contributed by atoms with E-state index in [1.54, 1.807) is 0 Å². The lowest BCUT2D eigenvalue weighted by molar-refractivity contribution is 0.0363. The molecule has 0 radical (unpaired) electrons. The Kier molecular flexibility index (Phi) is 23.6. The summed E-state index contributed by atoms with van der Waals surface area (Å²) in [5.74, 6) is 0. The Labute approximate surface area is 222 Å². The van der Waals surface area contributed by atoms with Crippen LogP contribution in [0.15, 0.2) is 0 Å². The topological polar surface area (TPSA) is 240 Å². The largest absolute Gasteiger partial charge is 0.539 e. The van der Waals surface area contributed by atoms with Crippen LogP contribution in [-0.2, 0) is 9.47 Å². The molecule has 0 aromatic carbocycles. The van der Waals surface area contributed by atoms with E-state index in [1.165, 1.54) is 0 Å². The van der Waals surface area contributed by atoms with E-state index >= 15 is 0 Å². The fourth-order valence-electron chi connectivity index (χ4n) is 3.00. The third-order valence-corrected chi connectivity index (χ3v) is 6.95. The van der Waals surface area contributed by atoms with Crippen molar-refractivity contribution in [2.75, 3.05) is 91.9 Å². The third-order valence-electron chi connectivity index (χ3n) is 4.90. The van der Waals surface area contributed by atoms with Gasteiger partial charge in [-0.3, -0.25) is 0 Å². The first-order chi connectivity index (χ1) is 17.5. The van der Waals surface area contributed by atoms with Gasteiger partial charge in [0.25, 0.3) is 17.6 Å². The molecule has 0 spiro atoms. The molecule has 0 aliphatic carbocycles. The molecule has 2 unspecified atom stereocenters. The van der Waals surface area contributed by atoms with E-state index < -0.39 is 29.8 Å². The Balaban J connectivity index is 3.25. The lowest BCUT2D eigenvalue weighted by Gasteiger charge is -2.21. The summed E-state index contributed by atoms with van der Waals surface area (Å²) in [4.78, 5) is 53.3. The molecule has 0 aromatic heterocycles. The minimum absolute atomic E-state index is 0.0724. The fourth-order valence-corrected chi connectivity index (χ4v) is 4.24. The molecule has 13 N–H and O–H groups in total.